The van der Waals surface area contributed by atoms with Crippen LogP contribution in [0, 0.1) is 0 Å². The van der Waals surface area contributed by atoms with E-state index in [2.05, 4.69) is 11.4 Å². The zero-order valence-corrected chi connectivity index (χ0v) is 17.4. The molecule has 6 nitrogen and oxygen atoms in total. The molecule has 1 aliphatic rings. The highest BCUT2D eigenvalue weighted by Gasteiger charge is 2.26. The van der Waals surface area contributed by atoms with Gasteiger partial charge in [0.15, 0.2) is 0 Å². The lowest BCUT2D eigenvalue weighted by Crippen LogP contribution is -2.40. The first-order valence-corrected chi connectivity index (χ1v) is 11.0. The smallest absolute Gasteiger partial charge is 0.243 e. The lowest BCUT2D eigenvalue weighted by atomic mass is 9.97. The number of carbonyl (C=O) groups is 1. The van der Waals surface area contributed by atoms with Gasteiger partial charge >= 0.3 is 0 Å². The van der Waals surface area contributed by atoms with Gasteiger partial charge in [-0.05, 0) is 50.3 Å². The topological polar surface area (TPSA) is 75.7 Å². The number of amides is 1. The van der Waals surface area contributed by atoms with Crippen molar-refractivity contribution < 1.29 is 17.9 Å². The fraction of sp³-hybridized carbons (Fsp3) is 0.526. The molecule has 2 rings (SSSR count). The highest BCUT2D eigenvalue weighted by atomic mass is 35.5. The minimum Gasteiger partial charge on any atom is -0.495 e. The van der Waals surface area contributed by atoms with Crippen LogP contribution in [0.2, 0.25) is 5.02 Å². The molecule has 0 saturated heterocycles. The number of nitrogens with one attached hydrogen (secondary N) is 1. The molecule has 0 saturated carbocycles. The maximum Gasteiger partial charge on any atom is 0.243 e. The fourth-order valence-corrected chi connectivity index (χ4v) is 4.79. The number of halogens is 1. The zero-order chi connectivity index (χ0) is 19.9. The molecule has 27 heavy (non-hydrogen) atoms. The first-order chi connectivity index (χ1) is 12.9. The number of rotatable bonds is 9. The third kappa shape index (κ3) is 5.96. The Morgan fingerprint density at radius 2 is 2.11 bits per heavy atom. The molecule has 1 amide bonds. The van der Waals surface area contributed by atoms with Crippen LogP contribution in [0.25, 0.3) is 0 Å². The van der Waals surface area contributed by atoms with Crippen molar-refractivity contribution >= 4 is 27.5 Å². The number of carbonyl (C=O) groups excluding carboxylic acids is 1. The van der Waals surface area contributed by atoms with Crippen LogP contribution in [0.1, 0.15) is 39.0 Å². The summed E-state index contributed by atoms with van der Waals surface area (Å²) in [5.41, 5.74) is 1.37. The highest BCUT2D eigenvalue weighted by molar-refractivity contribution is 7.89. The fourth-order valence-electron chi connectivity index (χ4n) is 3.03. The largest absolute Gasteiger partial charge is 0.495 e. The lowest BCUT2D eigenvalue weighted by Gasteiger charge is -2.20. The predicted octanol–water partition coefficient (Wildman–Crippen LogP) is 3.37. The van der Waals surface area contributed by atoms with Gasteiger partial charge in [0.25, 0.3) is 0 Å². The van der Waals surface area contributed by atoms with E-state index >= 15 is 0 Å². The second-order valence-electron chi connectivity index (χ2n) is 6.44. The van der Waals surface area contributed by atoms with Gasteiger partial charge < -0.3 is 10.1 Å². The van der Waals surface area contributed by atoms with Crippen molar-refractivity contribution in [3.63, 3.8) is 0 Å². The Morgan fingerprint density at radius 1 is 1.33 bits per heavy atom. The van der Waals surface area contributed by atoms with Gasteiger partial charge in [0, 0.05) is 13.1 Å². The molecule has 0 bridgehead atoms. The molecular weight excluding hydrogens is 388 g/mol. The van der Waals surface area contributed by atoms with E-state index in [1.54, 1.807) is 6.92 Å². The van der Waals surface area contributed by atoms with E-state index in [4.69, 9.17) is 16.3 Å². The van der Waals surface area contributed by atoms with Crippen LogP contribution < -0.4 is 10.1 Å². The summed E-state index contributed by atoms with van der Waals surface area (Å²) in [6.45, 7) is 2.19. The van der Waals surface area contributed by atoms with Gasteiger partial charge in [0.05, 0.1) is 23.6 Å². The third-order valence-corrected chi connectivity index (χ3v) is 6.80. The van der Waals surface area contributed by atoms with Gasteiger partial charge in [0.2, 0.25) is 15.9 Å². The molecule has 0 spiro atoms. The summed E-state index contributed by atoms with van der Waals surface area (Å²) < 4.78 is 31.8. The van der Waals surface area contributed by atoms with Gasteiger partial charge in [-0.1, -0.05) is 30.2 Å². The molecule has 0 radical (unpaired) electrons. The van der Waals surface area contributed by atoms with Gasteiger partial charge in [-0.2, -0.15) is 4.31 Å². The summed E-state index contributed by atoms with van der Waals surface area (Å²) in [6.07, 6.45) is 7.68. The Kier molecular flexibility index (Phi) is 8.13. The molecule has 1 aromatic rings. The van der Waals surface area contributed by atoms with E-state index in [1.165, 1.54) is 43.7 Å². The van der Waals surface area contributed by atoms with Crippen LogP contribution >= 0.6 is 11.6 Å². The van der Waals surface area contributed by atoms with Crippen molar-refractivity contribution in [2.45, 2.75) is 43.9 Å². The quantitative estimate of drug-likeness (QED) is 0.628. The van der Waals surface area contributed by atoms with Crippen molar-refractivity contribution in [2.75, 3.05) is 26.7 Å². The van der Waals surface area contributed by atoms with E-state index in [0.717, 1.165) is 23.6 Å². The van der Waals surface area contributed by atoms with E-state index < -0.39 is 10.0 Å². The summed E-state index contributed by atoms with van der Waals surface area (Å²) >= 11 is 6.04. The molecule has 1 aliphatic carbocycles. The summed E-state index contributed by atoms with van der Waals surface area (Å²) in [5, 5.41) is 3.02. The van der Waals surface area contributed by atoms with Crippen LogP contribution in [-0.2, 0) is 14.8 Å². The molecule has 0 heterocycles. The first kappa shape index (κ1) is 21.7. The normalized spacial score (nSPS) is 14.7. The van der Waals surface area contributed by atoms with Gasteiger partial charge in [0.1, 0.15) is 5.75 Å². The molecule has 1 N–H and O–H groups in total. The maximum absolute atomic E-state index is 12.8. The number of hydrogen-bond donors (Lipinski definition) is 1. The van der Waals surface area contributed by atoms with Crippen LogP contribution in [0.3, 0.4) is 0 Å². The molecule has 150 valence electrons. The number of methoxy groups -OCH3 is 1. The highest BCUT2D eigenvalue weighted by Crippen LogP contribution is 2.28. The number of likely N-dealkylation sites (N-methyl/N-ethyl adjacent to an activating group) is 1. The molecule has 0 unspecified atom stereocenters. The average molecular weight is 415 g/mol. The molecule has 1 aromatic carbocycles. The third-order valence-electron chi connectivity index (χ3n) is 4.59. The van der Waals surface area contributed by atoms with Crippen LogP contribution in [-0.4, -0.2) is 45.4 Å². The summed E-state index contributed by atoms with van der Waals surface area (Å²) in [4.78, 5) is 12.3. The van der Waals surface area contributed by atoms with E-state index in [-0.39, 0.29) is 28.9 Å². The molecule has 0 fully saturated rings. The number of nitrogens with zero attached hydrogens (tertiary/aromatic N) is 1. The minimum atomic E-state index is -3.82. The minimum absolute atomic E-state index is 0.0373. The Balaban J connectivity index is 1.96. The Hall–Kier alpha value is -1.57. The molecule has 8 heteroatoms. The van der Waals surface area contributed by atoms with Gasteiger partial charge in [-0.25, -0.2) is 8.42 Å². The second-order valence-corrected chi connectivity index (χ2v) is 8.78. The SMILES string of the molecule is CCN(CC(=O)NCCC1=CCCCC1)S(=O)(=O)c1ccc(OC)c(Cl)c1. The Bertz CT molecular complexity index is 793. The van der Waals surface area contributed by atoms with E-state index in [9.17, 15) is 13.2 Å². The average Bonchev–Trinajstić information content (AvgIpc) is 2.66. The lowest BCUT2D eigenvalue weighted by molar-refractivity contribution is -0.121. The van der Waals surface area contributed by atoms with Crippen LogP contribution in [0.15, 0.2) is 34.7 Å². The summed E-state index contributed by atoms with van der Waals surface area (Å²) in [7, 11) is -2.36. The Morgan fingerprint density at radius 3 is 2.70 bits per heavy atom. The van der Waals surface area contributed by atoms with Crippen molar-refractivity contribution in [3.8, 4) is 5.75 Å². The maximum atomic E-state index is 12.8. The van der Waals surface area contributed by atoms with Crippen LogP contribution in [0.5, 0.6) is 5.75 Å². The van der Waals surface area contributed by atoms with Crippen molar-refractivity contribution in [1.29, 1.82) is 0 Å². The van der Waals surface area contributed by atoms with E-state index in [0.29, 0.717) is 12.3 Å². The number of benzene rings is 1. The van der Waals surface area contributed by atoms with Gasteiger partial charge in [-0.3, -0.25) is 4.79 Å². The second kappa shape index (κ2) is 10.1. The number of allylic oxidation sites excluding steroid dienone is 1. The van der Waals surface area contributed by atoms with Crippen molar-refractivity contribution in [2.24, 2.45) is 0 Å². The zero-order valence-electron chi connectivity index (χ0n) is 15.8. The predicted molar refractivity (Wildman–Crippen MR) is 107 cm³/mol. The summed E-state index contributed by atoms with van der Waals surface area (Å²) in [6, 6.07) is 4.27. The molecular formula is C19H27ClN2O4S. The standard InChI is InChI=1S/C19H27ClN2O4S/c1-3-22(14-19(23)21-12-11-15-7-5-4-6-8-15)27(24,25)16-9-10-18(26-2)17(20)13-16/h7,9-10,13H,3-6,8,11-12,14H2,1-2H3,(H,21,23). The first-order valence-electron chi connectivity index (χ1n) is 9.16. The molecule has 0 atom stereocenters. The monoisotopic (exact) mass is 414 g/mol. The van der Waals surface area contributed by atoms with Crippen molar-refractivity contribution in [1.82, 2.24) is 9.62 Å². The van der Waals surface area contributed by atoms with E-state index in [1.807, 2.05) is 0 Å². The van der Waals surface area contributed by atoms with Crippen LogP contribution in [0.4, 0.5) is 0 Å². The summed E-state index contributed by atoms with van der Waals surface area (Å²) in [5.74, 6) is 0.0878. The number of sulfonamides is 1. The number of hydrogen-bond acceptors (Lipinski definition) is 4. The number of ether oxygens (including phenoxy) is 1. The van der Waals surface area contributed by atoms with Crippen molar-refractivity contribution in [3.05, 3.63) is 34.9 Å². The Labute approximate surface area is 166 Å². The molecule has 0 aromatic heterocycles. The van der Waals surface area contributed by atoms with Gasteiger partial charge in [-0.15, -0.1) is 0 Å². The molecule has 0 aliphatic heterocycles.